The predicted octanol–water partition coefficient (Wildman–Crippen LogP) is 14.9. The van der Waals surface area contributed by atoms with Crippen LogP contribution < -0.4 is 4.74 Å². The number of ether oxygens (including phenoxy) is 1. The van der Waals surface area contributed by atoms with E-state index in [1.54, 1.807) is 29.6 Å². The third-order valence-electron chi connectivity index (χ3n) is 10.3. The highest BCUT2D eigenvalue weighted by Gasteiger charge is 2.43. The fourth-order valence-corrected chi connectivity index (χ4v) is 10.3. The molecule has 0 radical (unpaired) electrons. The number of aryl methyl sites for hydroxylation is 1. The lowest BCUT2D eigenvalue weighted by molar-refractivity contribution is 0.0397. The van der Waals surface area contributed by atoms with E-state index in [9.17, 15) is 0 Å². The summed E-state index contributed by atoms with van der Waals surface area (Å²) < 4.78 is 46.8. The zero-order valence-corrected chi connectivity index (χ0v) is 32.0. The normalized spacial score (nSPS) is 13.6. The molecule has 3 aromatic heterocycles. The second-order valence-corrected chi connectivity index (χ2v) is 16.5. The highest BCUT2D eigenvalue weighted by atomic mass is 32.1. The molecule has 0 amide bonds. The van der Waals surface area contributed by atoms with E-state index in [0.717, 1.165) is 63.4 Å². The number of hydrogen-bond donors (Lipinski definition) is 0. The number of benzene rings is 1. The average Bonchev–Trinajstić information content (AvgIpc) is 3.86. The molecule has 1 aliphatic rings. The summed E-state index contributed by atoms with van der Waals surface area (Å²) in [6.07, 6.45) is 27.8. The molecule has 0 saturated carbocycles. The summed E-state index contributed by atoms with van der Waals surface area (Å²) in [7, 11) is 0. The van der Waals surface area contributed by atoms with Crippen molar-refractivity contribution >= 4 is 45.4 Å². The first-order valence-electron chi connectivity index (χ1n) is 19.0. The van der Waals surface area contributed by atoms with Crippen LogP contribution in [0.3, 0.4) is 0 Å². The Labute approximate surface area is 300 Å². The minimum atomic E-state index is -0.827. The Kier molecular flexibility index (Phi) is 14.7. The zero-order chi connectivity index (χ0) is 33.8. The van der Waals surface area contributed by atoms with Gasteiger partial charge in [0.05, 0.1) is 27.0 Å². The Bertz CT molecular complexity index is 1530. The second kappa shape index (κ2) is 18.9. The van der Waals surface area contributed by atoms with Crippen molar-refractivity contribution in [3.8, 4) is 25.9 Å². The number of nitrogens with zero attached hydrogens (tertiary/aromatic N) is 2. The van der Waals surface area contributed by atoms with E-state index in [2.05, 4.69) is 40.1 Å². The first-order chi connectivity index (χ1) is 23.5. The van der Waals surface area contributed by atoms with Gasteiger partial charge in [0, 0.05) is 16.0 Å². The van der Waals surface area contributed by atoms with E-state index in [4.69, 9.17) is 4.74 Å². The summed E-state index contributed by atoms with van der Waals surface area (Å²) in [5.41, 5.74) is 2.07. The highest BCUT2D eigenvalue weighted by Crippen LogP contribution is 2.56. The fraction of sp³-hybridized carbons (Fsp3) is 0.650. The van der Waals surface area contributed by atoms with Crippen LogP contribution in [0.4, 0.5) is 8.78 Å². The lowest BCUT2D eigenvalue weighted by Crippen LogP contribution is -2.35. The molecule has 0 saturated heterocycles. The van der Waals surface area contributed by atoms with Crippen LogP contribution in [0.25, 0.3) is 31.2 Å². The van der Waals surface area contributed by atoms with Gasteiger partial charge in [0.1, 0.15) is 22.4 Å². The average molecular weight is 715 g/mol. The van der Waals surface area contributed by atoms with Crippen LogP contribution in [0, 0.1) is 18.6 Å². The Morgan fingerprint density at radius 1 is 0.667 bits per heavy atom. The van der Waals surface area contributed by atoms with Gasteiger partial charge in [0.15, 0.2) is 11.6 Å². The highest BCUT2D eigenvalue weighted by molar-refractivity contribution is 7.23. The monoisotopic (exact) mass is 714 g/mol. The van der Waals surface area contributed by atoms with Crippen LogP contribution in [0.1, 0.15) is 166 Å². The van der Waals surface area contributed by atoms with Gasteiger partial charge in [-0.05, 0) is 50.1 Å². The molecule has 4 heterocycles. The Morgan fingerprint density at radius 3 is 1.75 bits per heavy atom. The van der Waals surface area contributed by atoms with Crippen LogP contribution in [-0.2, 0) is 5.60 Å². The Hall–Kier alpha value is -1.90. The maximum absolute atomic E-state index is 15.8. The fourth-order valence-electron chi connectivity index (χ4n) is 7.43. The minimum Gasteiger partial charge on any atom is -0.481 e. The van der Waals surface area contributed by atoms with Crippen molar-refractivity contribution in [2.45, 2.75) is 168 Å². The van der Waals surface area contributed by atoms with Gasteiger partial charge in [-0.3, -0.25) is 0 Å². The molecule has 264 valence electrons. The van der Waals surface area contributed by atoms with Crippen LogP contribution >= 0.6 is 34.4 Å². The largest absolute Gasteiger partial charge is 0.481 e. The van der Waals surface area contributed by atoms with Crippen molar-refractivity contribution in [3.63, 3.8) is 0 Å². The van der Waals surface area contributed by atoms with Crippen molar-refractivity contribution in [1.29, 1.82) is 0 Å². The summed E-state index contributed by atoms with van der Waals surface area (Å²) in [5, 5.41) is 2.10. The molecule has 0 spiro atoms. The number of thiophene rings is 2. The smallest absolute Gasteiger partial charge is 0.170 e. The van der Waals surface area contributed by atoms with Gasteiger partial charge in [-0.25, -0.2) is 8.78 Å². The molecule has 48 heavy (non-hydrogen) atoms. The summed E-state index contributed by atoms with van der Waals surface area (Å²) in [4.78, 5) is 2.97. The van der Waals surface area contributed by atoms with Gasteiger partial charge >= 0.3 is 0 Å². The maximum Gasteiger partial charge on any atom is 0.170 e. The summed E-state index contributed by atoms with van der Waals surface area (Å²) in [5.74, 6) is -0.712. The number of aromatic nitrogens is 2. The molecule has 5 rings (SSSR count). The lowest BCUT2D eigenvalue weighted by Gasteiger charge is -2.38. The van der Waals surface area contributed by atoms with Gasteiger partial charge in [-0.15, -0.1) is 22.7 Å². The minimum absolute atomic E-state index is 0.224. The standard InChI is InChI=1S/C40H56F2N2OS3/c1-4-6-8-10-12-14-16-18-20-22-25-40(26-23-21-19-17-15-13-11-9-7-5-2)30-28-32(47-38(30)39-31(45-40)24-27-46-39)33-35(42)34(41)29(3)36-37(33)44-48-43-36/h24,27-28H,4-23,25-26H2,1-3H3. The first kappa shape index (κ1) is 37.4. The van der Waals surface area contributed by atoms with Crippen molar-refractivity contribution in [2.24, 2.45) is 0 Å². The number of halogens is 2. The molecule has 3 nitrogen and oxygen atoms in total. The van der Waals surface area contributed by atoms with E-state index in [1.165, 1.54) is 116 Å². The van der Waals surface area contributed by atoms with Crippen LogP contribution in [0.15, 0.2) is 17.5 Å². The molecular weight excluding hydrogens is 659 g/mol. The SMILES string of the molecule is CCCCCCCCCCCCC1(CCCCCCCCCCCC)Oc2ccsc2-c2sc(-c3c(F)c(F)c(C)c4nsnc34)cc21. The number of hydrogen-bond acceptors (Lipinski definition) is 6. The van der Waals surface area contributed by atoms with Crippen molar-refractivity contribution in [2.75, 3.05) is 0 Å². The summed E-state index contributed by atoms with van der Waals surface area (Å²) in [6.45, 7) is 6.13. The molecule has 0 N–H and O–H groups in total. The second-order valence-electron chi connectivity index (χ2n) is 14.0. The van der Waals surface area contributed by atoms with E-state index in [1.807, 2.05) is 0 Å². The molecule has 1 aliphatic heterocycles. The van der Waals surface area contributed by atoms with Gasteiger partial charge in [-0.1, -0.05) is 129 Å². The van der Waals surface area contributed by atoms with Crippen molar-refractivity contribution in [1.82, 2.24) is 8.75 Å². The maximum atomic E-state index is 15.8. The predicted molar refractivity (Wildman–Crippen MR) is 204 cm³/mol. The van der Waals surface area contributed by atoms with E-state index in [0.29, 0.717) is 11.0 Å². The van der Waals surface area contributed by atoms with E-state index in [-0.39, 0.29) is 11.1 Å². The zero-order valence-electron chi connectivity index (χ0n) is 29.6. The van der Waals surface area contributed by atoms with Crippen molar-refractivity contribution < 1.29 is 13.5 Å². The quantitative estimate of drug-likeness (QED) is 0.0718. The van der Waals surface area contributed by atoms with Gasteiger partial charge in [-0.2, -0.15) is 8.75 Å². The van der Waals surface area contributed by atoms with Crippen molar-refractivity contribution in [3.05, 3.63) is 40.3 Å². The molecule has 0 bridgehead atoms. The number of fused-ring (bicyclic) bond motifs is 4. The van der Waals surface area contributed by atoms with Gasteiger partial charge in [0.25, 0.3) is 0 Å². The molecule has 0 aliphatic carbocycles. The molecule has 0 atom stereocenters. The molecule has 4 aromatic rings. The van der Waals surface area contributed by atoms with Crippen LogP contribution in [0.5, 0.6) is 5.75 Å². The Balaban J connectivity index is 1.33. The van der Waals surface area contributed by atoms with Gasteiger partial charge < -0.3 is 4.74 Å². The molecule has 8 heteroatoms. The first-order valence-corrected chi connectivity index (χ1v) is 21.4. The summed E-state index contributed by atoms with van der Waals surface area (Å²) >= 11 is 4.25. The topological polar surface area (TPSA) is 35.0 Å². The van der Waals surface area contributed by atoms with E-state index >= 15 is 8.78 Å². The third kappa shape index (κ3) is 9.06. The number of unbranched alkanes of at least 4 members (excludes halogenated alkanes) is 18. The van der Waals surface area contributed by atoms with Crippen LogP contribution in [0.2, 0.25) is 0 Å². The molecule has 0 fully saturated rings. The molecule has 1 aromatic carbocycles. The third-order valence-corrected chi connectivity index (χ3v) is 13.0. The summed E-state index contributed by atoms with van der Waals surface area (Å²) in [6, 6.07) is 4.21. The molecule has 0 unspecified atom stereocenters. The number of rotatable bonds is 23. The molecular formula is C40H56F2N2OS3. The van der Waals surface area contributed by atoms with Crippen LogP contribution in [-0.4, -0.2) is 8.75 Å². The Morgan fingerprint density at radius 2 is 1.19 bits per heavy atom. The lowest BCUT2D eigenvalue weighted by atomic mass is 9.81. The van der Waals surface area contributed by atoms with E-state index < -0.39 is 17.2 Å². The van der Waals surface area contributed by atoms with Gasteiger partial charge in [0.2, 0.25) is 0 Å².